The second-order valence-electron chi connectivity index (χ2n) is 11.2. The quantitative estimate of drug-likeness (QED) is 0.561. The van der Waals surface area contributed by atoms with Crippen LogP contribution in [0.4, 0.5) is 4.39 Å². The highest BCUT2D eigenvalue weighted by molar-refractivity contribution is 5.77. The Labute approximate surface area is 213 Å². The number of rotatable bonds is 8. The zero-order valence-corrected chi connectivity index (χ0v) is 21.1. The maximum Gasteiger partial charge on any atom is 0.257 e. The summed E-state index contributed by atoms with van der Waals surface area (Å²) in [6.45, 7) is 5.60. The molecular weight excluding hydrogens is 453 g/mol. The van der Waals surface area contributed by atoms with Crippen LogP contribution in [0.25, 0.3) is 11.1 Å². The van der Waals surface area contributed by atoms with E-state index in [9.17, 15) is 9.18 Å². The Morgan fingerprint density at radius 1 is 1.06 bits per heavy atom. The van der Waals surface area contributed by atoms with Gasteiger partial charge in [-0.25, -0.2) is 4.39 Å². The number of nitrogens with zero attached hydrogens (tertiary/aromatic N) is 2. The molecule has 1 N–H and O–H groups in total. The van der Waals surface area contributed by atoms with Crippen molar-refractivity contribution >= 4 is 5.91 Å². The van der Waals surface area contributed by atoms with Crippen molar-refractivity contribution in [1.29, 1.82) is 0 Å². The standard InChI is InChI=1S/C30H36FN3O2/c1-33-12-14-34(15-13-33)19-24-16-22(21-2-6-26(31)7-3-21)4-9-28(24)36-20-29(35)32-18-23-17-25-5-8-27(23)30(25)10-11-30/h2-9,16,23,25,27H,10-15,17-20H2,1H3,(H,32,35)/t23-,25-,27-/m0/s1. The molecule has 2 aromatic rings. The second kappa shape index (κ2) is 9.64. The molecular formula is C30H36FN3O2. The smallest absolute Gasteiger partial charge is 0.257 e. The summed E-state index contributed by atoms with van der Waals surface area (Å²) in [6, 6.07) is 12.6. The van der Waals surface area contributed by atoms with Gasteiger partial charge < -0.3 is 15.0 Å². The monoisotopic (exact) mass is 489 g/mol. The molecule has 0 unspecified atom stereocenters. The van der Waals surface area contributed by atoms with Crippen LogP contribution in [0, 0.1) is 29.0 Å². The van der Waals surface area contributed by atoms with Gasteiger partial charge in [0.25, 0.3) is 5.91 Å². The van der Waals surface area contributed by atoms with E-state index in [1.54, 1.807) is 12.1 Å². The van der Waals surface area contributed by atoms with E-state index in [0.29, 0.717) is 17.3 Å². The Bertz CT molecular complexity index is 1140. The Morgan fingerprint density at radius 3 is 2.53 bits per heavy atom. The minimum absolute atomic E-state index is 0.0213. The maximum atomic E-state index is 13.4. The first kappa shape index (κ1) is 23.7. The minimum Gasteiger partial charge on any atom is -0.483 e. The number of ether oxygens (including phenoxy) is 1. The van der Waals surface area contributed by atoms with Crippen LogP contribution >= 0.6 is 0 Å². The number of likely N-dealkylation sites (N-methyl/N-ethyl adjacent to an activating group) is 1. The number of halogens is 1. The molecule has 1 saturated heterocycles. The van der Waals surface area contributed by atoms with Crippen molar-refractivity contribution in [2.24, 2.45) is 23.2 Å². The number of carbonyl (C=O) groups is 1. The fraction of sp³-hybridized carbons (Fsp3) is 0.500. The van der Waals surface area contributed by atoms with Crippen LogP contribution in [0.5, 0.6) is 5.75 Å². The Balaban J connectivity index is 1.10. The molecule has 2 bridgehead atoms. The highest BCUT2D eigenvalue weighted by Gasteiger charge is 2.62. The van der Waals surface area contributed by atoms with Gasteiger partial charge >= 0.3 is 0 Å². The molecule has 4 aliphatic rings. The fourth-order valence-electron chi connectivity index (χ4n) is 6.71. The second-order valence-corrected chi connectivity index (χ2v) is 11.2. The largest absolute Gasteiger partial charge is 0.483 e. The number of benzene rings is 2. The third kappa shape index (κ3) is 4.69. The van der Waals surface area contributed by atoms with Crippen molar-refractivity contribution in [3.63, 3.8) is 0 Å². The zero-order chi connectivity index (χ0) is 24.7. The first-order chi connectivity index (χ1) is 17.5. The SMILES string of the molecule is CN1CCN(Cc2cc(-c3ccc(F)cc3)ccc2OCC(=O)NC[C@@H]2C[C@@H]3C=C[C@@H]2C32CC2)CC1. The highest BCUT2D eigenvalue weighted by atomic mass is 19.1. The molecule has 6 rings (SSSR count). The van der Waals surface area contributed by atoms with Crippen molar-refractivity contribution in [2.45, 2.75) is 25.8 Å². The van der Waals surface area contributed by atoms with Crippen LogP contribution < -0.4 is 10.1 Å². The predicted molar refractivity (Wildman–Crippen MR) is 139 cm³/mol. The number of piperazine rings is 1. The van der Waals surface area contributed by atoms with Gasteiger partial charge in [0.15, 0.2) is 6.61 Å². The van der Waals surface area contributed by atoms with E-state index >= 15 is 0 Å². The topological polar surface area (TPSA) is 44.8 Å². The summed E-state index contributed by atoms with van der Waals surface area (Å²) in [5, 5.41) is 3.14. The van der Waals surface area contributed by atoms with Crippen molar-refractivity contribution < 1.29 is 13.9 Å². The van der Waals surface area contributed by atoms with Gasteiger partial charge in [-0.1, -0.05) is 30.4 Å². The number of carbonyl (C=O) groups excluding carboxylic acids is 1. The normalized spacial score (nSPS) is 26.4. The molecule has 3 atom stereocenters. The average Bonchev–Trinajstić information content (AvgIpc) is 3.56. The van der Waals surface area contributed by atoms with Crippen LogP contribution in [0.2, 0.25) is 0 Å². The minimum atomic E-state index is -0.240. The number of amides is 1. The van der Waals surface area contributed by atoms with E-state index in [1.165, 1.54) is 31.4 Å². The number of allylic oxidation sites excluding steroid dienone is 2. The van der Waals surface area contributed by atoms with Crippen molar-refractivity contribution in [3.8, 4) is 16.9 Å². The van der Waals surface area contributed by atoms with Gasteiger partial charge in [-0.2, -0.15) is 0 Å². The van der Waals surface area contributed by atoms with Crippen molar-refractivity contribution in [2.75, 3.05) is 46.4 Å². The van der Waals surface area contributed by atoms with Gasteiger partial charge in [-0.3, -0.25) is 9.69 Å². The van der Waals surface area contributed by atoms with E-state index in [4.69, 9.17) is 4.74 Å². The molecule has 0 aromatic heterocycles. The third-order valence-corrected chi connectivity index (χ3v) is 8.99. The lowest BCUT2D eigenvalue weighted by Crippen LogP contribution is -2.43. The molecule has 3 aliphatic carbocycles. The third-order valence-electron chi connectivity index (χ3n) is 8.99. The summed E-state index contributed by atoms with van der Waals surface area (Å²) in [6.07, 6.45) is 8.74. The van der Waals surface area contributed by atoms with E-state index in [0.717, 1.165) is 67.6 Å². The molecule has 1 aliphatic heterocycles. The molecule has 1 heterocycles. The molecule has 190 valence electrons. The van der Waals surface area contributed by atoms with E-state index < -0.39 is 0 Å². The summed E-state index contributed by atoms with van der Waals surface area (Å²) in [5.74, 6) is 2.40. The molecule has 36 heavy (non-hydrogen) atoms. The molecule has 6 heteroatoms. The number of nitrogens with one attached hydrogen (secondary N) is 1. The predicted octanol–water partition coefficient (Wildman–Crippen LogP) is 4.34. The van der Waals surface area contributed by atoms with Crippen LogP contribution in [0.1, 0.15) is 24.8 Å². The Kier molecular flexibility index (Phi) is 6.34. The molecule has 0 radical (unpaired) electrons. The van der Waals surface area contributed by atoms with E-state index in [2.05, 4.69) is 40.4 Å². The fourth-order valence-corrected chi connectivity index (χ4v) is 6.71. The summed E-state index contributed by atoms with van der Waals surface area (Å²) in [5.41, 5.74) is 3.60. The lowest BCUT2D eigenvalue weighted by molar-refractivity contribution is -0.123. The molecule has 2 aromatic carbocycles. The zero-order valence-electron chi connectivity index (χ0n) is 21.1. The molecule has 1 spiro atoms. The lowest BCUT2D eigenvalue weighted by Gasteiger charge is -2.32. The van der Waals surface area contributed by atoms with Crippen LogP contribution in [-0.2, 0) is 11.3 Å². The van der Waals surface area contributed by atoms with Crippen molar-refractivity contribution in [1.82, 2.24) is 15.1 Å². The first-order valence-electron chi connectivity index (χ1n) is 13.4. The summed E-state index contributed by atoms with van der Waals surface area (Å²) >= 11 is 0. The Morgan fingerprint density at radius 2 is 1.81 bits per heavy atom. The van der Waals surface area contributed by atoms with Gasteiger partial charge in [-0.15, -0.1) is 0 Å². The number of hydrogen-bond acceptors (Lipinski definition) is 4. The highest BCUT2D eigenvalue weighted by Crippen LogP contribution is 2.69. The van der Waals surface area contributed by atoms with Gasteiger partial charge in [0.05, 0.1) is 0 Å². The molecule has 3 fully saturated rings. The van der Waals surface area contributed by atoms with Gasteiger partial charge in [-0.05, 0) is 84.9 Å². The maximum absolute atomic E-state index is 13.4. The van der Waals surface area contributed by atoms with Gasteiger partial charge in [0, 0.05) is 44.8 Å². The molecule has 2 saturated carbocycles. The van der Waals surface area contributed by atoms with Crippen LogP contribution in [0.15, 0.2) is 54.6 Å². The van der Waals surface area contributed by atoms with Crippen molar-refractivity contribution in [3.05, 3.63) is 66.0 Å². The van der Waals surface area contributed by atoms with E-state index in [1.807, 2.05) is 12.1 Å². The van der Waals surface area contributed by atoms with Gasteiger partial charge in [0.1, 0.15) is 11.6 Å². The molecule has 1 amide bonds. The van der Waals surface area contributed by atoms with Crippen LogP contribution in [-0.4, -0.2) is 62.1 Å². The van der Waals surface area contributed by atoms with Crippen LogP contribution in [0.3, 0.4) is 0 Å². The Hall–Kier alpha value is -2.70. The summed E-state index contributed by atoms with van der Waals surface area (Å²) < 4.78 is 19.5. The summed E-state index contributed by atoms with van der Waals surface area (Å²) in [7, 11) is 2.15. The number of hydrogen-bond donors (Lipinski definition) is 1. The van der Waals surface area contributed by atoms with Gasteiger partial charge in [0.2, 0.25) is 0 Å². The summed E-state index contributed by atoms with van der Waals surface area (Å²) in [4.78, 5) is 17.5. The average molecular weight is 490 g/mol. The van der Waals surface area contributed by atoms with E-state index in [-0.39, 0.29) is 18.3 Å². The first-order valence-corrected chi connectivity index (χ1v) is 13.4. The molecule has 5 nitrogen and oxygen atoms in total. The lowest BCUT2D eigenvalue weighted by atomic mass is 9.89.